The van der Waals surface area contributed by atoms with Gasteiger partial charge in [-0.3, -0.25) is 9.59 Å². The SMILES string of the molecule is CC(C)=CCC[C@H](C)CCOC(=O)CCC(=O)Nc1ccc(Cl)cc1. The number of esters is 1. The predicted molar refractivity (Wildman–Crippen MR) is 103 cm³/mol. The highest BCUT2D eigenvalue weighted by atomic mass is 35.5. The average Bonchev–Trinajstić information content (AvgIpc) is 2.55. The van der Waals surface area contributed by atoms with Crippen molar-refractivity contribution in [3.05, 3.63) is 40.9 Å². The number of allylic oxidation sites excluding steroid dienone is 2. The third-order valence-electron chi connectivity index (χ3n) is 3.77. The summed E-state index contributed by atoms with van der Waals surface area (Å²) < 4.78 is 5.20. The second kappa shape index (κ2) is 11.7. The lowest BCUT2D eigenvalue weighted by atomic mass is 10.0. The van der Waals surface area contributed by atoms with Gasteiger partial charge in [0.25, 0.3) is 0 Å². The first-order chi connectivity index (χ1) is 11.9. The highest BCUT2D eigenvalue weighted by molar-refractivity contribution is 6.30. The number of halogens is 1. The predicted octanol–water partition coefficient (Wildman–Crippen LogP) is 5.37. The number of ether oxygens (including phenoxy) is 1. The Morgan fingerprint density at radius 3 is 2.48 bits per heavy atom. The van der Waals surface area contributed by atoms with E-state index in [0.717, 1.165) is 19.3 Å². The van der Waals surface area contributed by atoms with E-state index in [-0.39, 0.29) is 24.7 Å². The molecule has 0 saturated heterocycles. The first-order valence-electron chi connectivity index (χ1n) is 8.71. The summed E-state index contributed by atoms with van der Waals surface area (Å²) in [5, 5.41) is 3.33. The maximum absolute atomic E-state index is 11.8. The molecule has 138 valence electrons. The Kier molecular flexibility index (Phi) is 9.93. The Morgan fingerprint density at radius 2 is 1.84 bits per heavy atom. The van der Waals surface area contributed by atoms with Crippen LogP contribution < -0.4 is 5.32 Å². The monoisotopic (exact) mass is 365 g/mol. The number of carbonyl (C=O) groups is 2. The third kappa shape index (κ3) is 10.6. The molecule has 1 aromatic rings. The van der Waals surface area contributed by atoms with Crippen LogP contribution >= 0.6 is 11.6 Å². The second-order valence-corrected chi connectivity index (χ2v) is 6.96. The smallest absolute Gasteiger partial charge is 0.306 e. The Hall–Kier alpha value is -1.81. The zero-order valence-electron chi connectivity index (χ0n) is 15.3. The second-order valence-electron chi connectivity index (χ2n) is 6.53. The summed E-state index contributed by atoms with van der Waals surface area (Å²) in [7, 11) is 0. The van der Waals surface area contributed by atoms with Crippen molar-refractivity contribution in [3.63, 3.8) is 0 Å². The van der Waals surface area contributed by atoms with Crippen molar-refractivity contribution in [2.45, 2.75) is 52.9 Å². The lowest BCUT2D eigenvalue weighted by Crippen LogP contribution is -2.15. The summed E-state index contributed by atoms with van der Waals surface area (Å²) in [6, 6.07) is 6.83. The maximum atomic E-state index is 11.8. The fraction of sp³-hybridized carbons (Fsp3) is 0.500. The summed E-state index contributed by atoms with van der Waals surface area (Å²) in [5.41, 5.74) is 1.99. The van der Waals surface area contributed by atoms with Crippen LogP contribution in [0, 0.1) is 5.92 Å². The van der Waals surface area contributed by atoms with E-state index in [1.807, 2.05) is 0 Å². The molecule has 1 aromatic carbocycles. The summed E-state index contributed by atoms with van der Waals surface area (Å²) >= 11 is 5.79. The van der Waals surface area contributed by atoms with Gasteiger partial charge < -0.3 is 10.1 Å². The van der Waals surface area contributed by atoms with E-state index in [2.05, 4.69) is 32.2 Å². The van der Waals surface area contributed by atoms with Crippen LogP contribution in [-0.2, 0) is 14.3 Å². The van der Waals surface area contributed by atoms with Crippen molar-refractivity contribution in [1.82, 2.24) is 0 Å². The molecule has 0 unspecified atom stereocenters. The molecule has 0 fully saturated rings. The van der Waals surface area contributed by atoms with E-state index in [4.69, 9.17) is 16.3 Å². The largest absolute Gasteiger partial charge is 0.466 e. The molecule has 1 amide bonds. The van der Waals surface area contributed by atoms with Crippen molar-refractivity contribution in [2.75, 3.05) is 11.9 Å². The molecule has 25 heavy (non-hydrogen) atoms. The van der Waals surface area contributed by atoms with Gasteiger partial charge in [0.05, 0.1) is 13.0 Å². The van der Waals surface area contributed by atoms with Gasteiger partial charge in [-0.1, -0.05) is 30.2 Å². The zero-order chi connectivity index (χ0) is 18.7. The minimum atomic E-state index is -0.331. The molecule has 5 heteroatoms. The number of benzene rings is 1. The number of hydrogen-bond donors (Lipinski definition) is 1. The molecule has 0 spiro atoms. The number of nitrogens with one attached hydrogen (secondary N) is 1. The quantitative estimate of drug-likeness (QED) is 0.447. The standard InChI is InChI=1S/C20H28ClNO3/c1-15(2)5-4-6-16(3)13-14-25-20(24)12-11-19(23)22-18-9-7-17(21)8-10-18/h5,7-10,16H,4,6,11-14H2,1-3H3,(H,22,23)/t16-/m0/s1. The van der Waals surface area contributed by atoms with E-state index >= 15 is 0 Å². The first-order valence-corrected chi connectivity index (χ1v) is 9.09. The first kappa shape index (κ1) is 21.2. The van der Waals surface area contributed by atoms with Gasteiger partial charge in [0.2, 0.25) is 5.91 Å². The van der Waals surface area contributed by atoms with Crippen LogP contribution in [0.4, 0.5) is 5.69 Å². The summed E-state index contributed by atoms with van der Waals surface area (Å²) in [5.74, 6) is -0.0336. The summed E-state index contributed by atoms with van der Waals surface area (Å²) in [6.07, 6.45) is 5.42. The van der Waals surface area contributed by atoms with Crippen LogP contribution in [-0.4, -0.2) is 18.5 Å². The minimum Gasteiger partial charge on any atom is -0.466 e. The van der Waals surface area contributed by atoms with E-state index in [1.54, 1.807) is 24.3 Å². The van der Waals surface area contributed by atoms with E-state index in [1.165, 1.54) is 5.57 Å². The van der Waals surface area contributed by atoms with Crippen LogP contribution in [0.3, 0.4) is 0 Å². The van der Waals surface area contributed by atoms with Crippen molar-refractivity contribution in [1.29, 1.82) is 0 Å². The molecule has 0 bridgehead atoms. The van der Waals surface area contributed by atoms with Gasteiger partial charge in [-0.2, -0.15) is 0 Å². The zero-order valence-corrected chi connectivity index (χ0v) is 16.1. The van der Waals surface area contributed by atoms with Crippen molar-refractivity contribution >= 4 is 29.2 Å². The van der Waals surface area contributed by atoms with Crippen LogP contribution in [0.2, 0.25) is 5.02 Å². The van der Waals surface area contributed by atoms with Crippen LogP contribution in [0.1, 0.15) is 52.9 Å². The van der Waals surface area contributed by atoms with Gasteiger partial charge in [0.1, 0.15) is 0 Å². The highest BCUT2D eigenvalue weighted by Crippen LogP contribution is 2.14. The molecular weight excluding hydrogens is 338 g/mol. The van der Waals surface area contributed by atoms with Crippen molar-refractivity contribution < 1.29 is 14.3 Å². The van der Waals surface area contributed by atoms with Crippen LogP contribution in [0.25, 0.3) is 0 Å². The Morgan fingerprint density at radius 1 is 1.16 bits per heavy atom. The Balaban J connectivity index is 2.14. The van der Waals surface area contributed by atoms with E-state index < -0.39 is 0 Å². The van der Waals surface area contributed by atoms with Crippen LogP contribution in [0.5, 0.6) is 0 Å². The van der Waals surface area contributed by atoms with Gasteiger partial charge in [-0.25, -0.2) is 0 Å². The number of rotatable bonds is 10. The molecule has 0 radical (unpaired) electrons. The highest BCUT2D eigenvalue weighted by Gasteiger charge is 2.09. The molecular formula is C20H28ClNO3. The lowest BCUT2D eigenvalue weighted by molar-refractivity contribution is -0.145. The molecule has 0 heterocycles. The van der Waals surface area contributed by atoms with Crippen molar-refractivity contribution in [3.8, 4) is 0 Å². The minimum absolute atomic E-state index is 0.0889. The van der Waals surface area contributed by atoms with E-state index in [9.17, 15) is 9.59 Å². The maximum Gasteiger partial charge on any atom is 0.306 e. The number of anilines is 1. The van der Waals surface area contributed by atoms with Crippen LogP contribution in [0.15, 0.2) is 35.9 Å². The molecule has 1 atom stereocenters. The van der Waals surface area contributed by atoms with Gasteiger partial charge >= 0.3 is 5.97 Å². The molecule has 1 N–H and O–H groups in total. The van der Waals surface area contributed by atoms with Gasteiger partial charge in [0, 0.05) is 17.1 Å². The average molecular weight is 366 g/mol. The summed E-state index contributed by atoms with van der Waals surface area (Å²) in [6.45, 7) is 6.75. The molecule has 0 aliphatic heterocycles. The fourth-order valence-electron chi connectivity index (χ4n) is 2.22. The number of amides is 1. The normalized spacial score (nSPS) is 11.5. The summed E-state index contributed by atoms with van der Waals surface area (Å²) in [4.78, 5) is 23.5. The Labute approximate surface area is 155 Å². The van der Waals surface area contributed by atoms with Gasteiger partial charge in [0.15, 0.2) is 0 Å². The topological polar surface area (TPSA) is 55.4 Å². The molecule has 1 rings (SSSR count). The molecule has 0 aliphatic rings. The number of carbonyl (C=O) groups excluding carboxylic acids is 2. The number of hydrogen-bond acceptors (Lipinski definition) is 3. The van der Waals surface area contributed by atoms with Gasteiger partial charge in [-0.15, -0.1) is 0 Å². The lowest BCUT2D eigenvalue weighted by Gasteiger charge is -2.11. The molecule has 0 aliphatic carbocycles. The van der Waals surface area contributed by atoms with E-state index in [0.29, 0.717) is 23.2 Å². The molecule has 0 saturated carbocycles. The Bertz CT molecular complexity index is 577. The fourth-order valence-corrected chi connectivity index (χ4v) is 2.35. The van der Waals surface area contributed by atoms with Gasteiger partial charge in [-0.05, 0) is 63.3 Å². The molecule has 4 nitrogen and oxygen atoms in total. The van der Waals surface area contributed by atoms with Crippen molar-refractivity contribution in [2.24, 2.45) is 5.92 Å². The third-order valence-corrected chi connectivity index (χ3v) is 4.02. The molecule has 0 aromatic heterocycles.